The highest BCUT2D eigenvalue weighted by molar-refractivity contribution is 7.93. The van der Waals surface area contributed by atoms with Crippen LogP contribution in [0, 0.1) is 0 Å². The molecule has 0 spiro atoms. The van der Waals surface area contributed by atoms with Crippen LogP contribution in [0.5, 0.6) is 0 Å². The summed E-state index contributed by atoms with van der Waals surface area (Å²) in [7, 11) is -4.02. The van der Waals surface area contributed by atoms with Gasteiger partial charge in [-0.25, -0.2) is 17.5 Å². The Morgan fingerprint density at radius 2 is 1.35 bits per heavy atom. The van der Waals surface area contributed by atoms with E-state index in [2.05, 4.69) is 0 Å². The number of benzene rings is 3. The minimum absolute atomic E-state index is 0.0344. The van der Waals surface area contributed by atoms with Crippen molar-refractivity contribution in [2.75, 3.05) is 4.31 Å². The lowest BCUT2D eigenvalue weighted by Gasteiger charge is -2.25. The van der Waals surface area contributed by atoms with Crippen molar-refractivity contribution < 1.29 is 18.3 Å². The van der Waals surface area contributed by atoms with Crippen LogP contribution in [0.15, 0.2) is 83.8 Å². The summed E-state index contributed by atoms with van der Waals surface area (Å²) in [6, 6.07) is 20.3. The Labute approximate surface area is 156 Å². The number of para-hydroxylation sites is 1. The van der Waals surface area contributed by atoms with Gasteiger partial charge in [0.2, 0.25) is 0 Å². The summed E-state index contributed by atoms with van der Waals surface area (Å²) in [6.07, 6.45) is 0. The number of carboxylic acids is 1. The molecule has 0 aliphatic heterocycles. The van der Waals surface area contributed by atoms with Crippen molar-refractivity contribution in [3.05, 3.63) is 89.4 Å². The minimum atomic E-state index is -4.02. The van der Waals surface area contributed by atoms with Crippen molar-refractivity contribution in [3.8, 4) is 0 Å². The molecule has 0 amide bonds. The summed E-state index contributed by atoms with van der Waals surface area (Å²) < 4.78 is 27.7. The molecule has 0 radical (unpaired) electrons. The smallest absolute Gasteiger partial charge is 0.335 e. The molecule has 132 valence electrons. The van der Waals surface area contributed by atoms with Crippen molar-refractivity contribution >= 4 is 39.0 Å². The van der Waals surface area contributed by atoms with E-state index in [-0.39, 0.29) is 15.5 Å². The Balaban J connectivity index is 2.19. The van der Waals surface area contributed by atoms with Gasteiger partial charge in [0, 0.05) is 0 Å². The van der Waals surface area contributed by atoms with Gasteiger partial charge < -0.3 is 5.11 Å². The standard InChI is InChI=1S/C19H14ClNO4S/c20-17-8-4-5-9-18(17)26(24,25)21(15-6-2-1-3-7-15)16-12-10-14(11-13-16)19(22)23/h1-13H,(H,22,23). The van der Waals surface area contributed by atoms with Gasteiger partial charge in [0.25, 0.3) is 10.0 Å². The van der Waals surface area contributed by atoms with Gasteiger partial charge in [-0.15, -0.1) is 0 Å². The molecule has 3 rings (SSSR count). The SMILES string of the molecule is O=C(O)c1ccc(N(c2ccccc2)S(=O)(=O)c2ccccc2Cl)cc1. The topological polar surface area (TPSA) is 74.7 Å². The lowest BCUT2D eigenvalue weighted by Crippen LogP contribution is -2.26. The zero-order valence-corrected chi connectivity index (χ0v) is 15.0. The van der Waals surface area contributed by atoms with Crippen molar-refractivity contribution in [2.24, 2.45) is 0 Å². The normalized spacial score (nSPS) is 11.1. The molecule has 26 heavy (non-hydrogen) atoms. The van der Waals surface area contributed by atoms with Gasteiger partial charge in [0.05, 0.1) is 22.0 Å². The summed E-state index contributed by atoms with van der Waals surface area (Å²) >= 11 is 6.11. The van der Waals surface area contributed by atoms with E-state index in [0.29, 0.717) is 11.4 Å². The number of anilines is 2. The minimum Gasteiger partial charge on any atom is -0.478 e. The van der Waals surface area contributed by atoms with Crippen LogP contribution in [-0.2, 0) is 10.0 Å². The second kappa shape index (κ2) is 7.19. The second-order valence-electron chi connectivity index (χ2n) is 5.39. The zero-order valence-electron chi connectivity index (χ0n) is 13.4. The van der Waals surface area contributed by atoms with Gasteiger partial charge in [-0.05, 0) is 48.5 Å². The molecule has 0 aliphatic rings. The quantitative estimate of drug-likeness (QED) is 0.696. The number of carboxylic acid groups (broad SMARTS) is 1. The third kappa shape index (κ3) is 3.42. The maximum atomic E-state index is 13.3. The number of sulfonamides is 1. The van der Waals surface area contributed by atoms with Crippen molar-refractivity contribution in [1.82, 2.24) is 0 Å². The van der Waals surface area contributed by atoms with Gasteiger partial charge >= 0.3 is 5.97 Å². The van der Waals surface area contributed by atoms with Crippen molar-refractivity contribution in [3.63, 3.8) is 0 Å². The lowest BCUT2D eigenvalue weighted by molar-refractivity contribution is 0.0697. The molecule has 3 aromatic carbocycles. The molecule has 0 aromatic heterocycles. The van der Waals surface area contributed by atoms with E-state index in [4.69, 9.17) is 16.7 Å². The van der Waals surface area contributed by atoms with Crippen LogP contribution in [0.4, 0.5) is 11.4 Å². The highest BCUT2D eigenvalue weighted by Gasteiger charge is 2.28. The first kappa shape index (κ1) is 18.0. The second-order valence-corrected chi connectivity index (χ2v) is 7.55. The van der Waals surface area contributed by atoms with Gasteiger partial charge in [0.1, 0.15) is 4.90 Å². The number of halogens is 1. The van der Waals surface area contributed by atoms with Crippen LogP contribution >= 0.6 is 11.6 Å². The van der Waals surface area contributed by atoms with Crippen LogP contribution < -0.4 is 4.31 Å². The van der Waals surface area contributed by atoms with Crippen molar-refractivity contribution in [2.45, 2.75) is 4.90 Å². The van der Waals surface area contributed by atoms with Crippen LogP contribution in [0.2, 0.25) is 5.02 Å². The van der Waals surface area contributed by atoms with E-state index in [1.165, 1.54) is 36.4 Å². The predicted octanol–water partition coefficient (Wildman–Crippen LogP) is 4.57. The number of carbonyl (C=O) groups is 1. The predicted molar refractivity (Wildman–Crippen MR) is 101 cm³/mol. The summed E-state index contributed by atoms with van der Waals surface area (Å²) in [5.41, 5.74) is 0.786. The Morgan fingerprint density at radius 3 is 1.92 bits per heavy atom. The molecular formula is C19H14ClNO4S. The highest BCUT2D eigenvalue weighted by atomic mass is 35.5. The summed E-state index contributed by atoms with van der Waals surface area (Å²) in [4.78, 5) is 11.0. The van der Waals surface area contributed by atoms with Crippen LogP contribution in [0.25, 0.3) is 0 Å². The molecule has 0 fully saturated rings. The Bertz CT molecular complexity index is 1030. The molecule has 0 bridgehead atoms. The molecule has 0 atom stereocenters. The van der Waals surface area contributed by atoms with Gasteiger partial charge in [0.15, 0.2) is 0 Å². The average Bonchev–Trinajstić information content (AvgIpc) is 2.63. The Morgan fingerprint density at radius 1 is 0.808 bits per heavy atom. The van der Waals surface area contributed by atoms with Gasteiger partial charge in [-0.3, -0.25) is 0 Å². The summed E-state index contributed by atoms with van der Waals surface area (Å²) in [5, 5.41) is 9.16. The largest absolute Gasteiger partial charge is 0.478 e. The molecule has 5 nitrogen and oxygen atoms in total. The lowest BCUT2D eigenvalue weighted by atomic mass is 10.2. The van der Waals surface area contributed by atoms with Gasteiger partial charge in [-0.1, -0.05) is 41.9 Å². The molecule has 0 heterocycles. The fourth-order valence-electron chi connectivity index (χ4n) is 2.48. The average molecular weight is 388 g/mol. The number of hydrogen-bond acceptors (Lipinski definition) is 3. The van der Waals surface area contributed by atoms with E-state index in [0.717, 1.165) is 4.31 Å². The molecule has 0 saturated heterocycles. The highest BCUT2D eigenvalue weighted by Crippen LogP contribution is 2.34. The van der Waals surface area contributed by atoms with Gasteiger partial charge in [-0.2, -0.15) is 0 Å². The summed E-state index contributed by atoms with van der Waals surface area (Å²) in [5.74, 6) is -1.09. The molecule has 0 aliphatic carbocycles. The molecule has 7 heteroatoms. The molecular weight excluding hydrogens is 374 g/mol. The third-order valence-electron chi connectivity index (χ3n) is 3.69. The Hall–Kier alpha value is -2.83. The fraction of sp³-hybridized carbons (Fsp3) is 0. The number of aromatic carboxylic acids is 1. The fourth-order valence-corrected chi connectivity index (χ4v) is 4.47. The molecule has 3 aromatic rings. The van der Waals surface area contributed by atoms with Crippen LogP contribution in [0.3, 0.4) is 0 Å². The Kier molecular flexibility index (Phi) is 4.97. The zero-order chi connectivity index (χ0) is 18.7. The number of rotatable bonds is 5. The maximum Gasteiger partial charge on any atom is 0.335 e. The van der Waals surface area contributed by atoms with E-state index in [1.807, 2.05) is 0 Å². The maximum absolute atomic E-state index is 13.3. The van der Waals surface area contributed by atoms with E-state index >= 15 is 0 Å². The number of nitrogens with zero attached hydrogens (tertiary/aromatic N) is 1. The van der Waals surface area contributed by atoms with E-state index in [1.54, 1.807) is 42.5 Å². The van der Waals surface area contributed by atoms with E-state index < -0.39 is 16.0 Å². The first-order chi connectivity index (χ1) is 12.4. The van der Waals surface area contributed by atoms with Crippen molar-refractivity contribution in [1.29, 1.82) is 0 Å². The first-order valence-electron chi connectivity index (χ1n) is 7.59. The van der Waals surface area contributed by atoms with Crippen LogP contribution in [0.1, 0.15) is 10.4 Å². The van der Waals surface area contributed by atoms with Crippen LogP contribution in [-0.4, -0.2) is 19.5 Å². The first-order valence-corrected chi connectivity index (χ1v) is 9.41. The molecule has 0 saturated carbocycles. The molecule has 0 unspecified atom stereocenters. The molecule has 1 N–H and O–H groups in total. The monoisotopic (exact) mass is 387 g/mol. The summed E-state index contributed by atoms with van der Waals surface area (Å²) in [6.45, 7) is 0. The third-order valence-corrected chi connectivity index (χ3v) is 5.95. The van der Waals surface area contributed by atoms with E-state index in [9.17, 15) is 13.2 Å². The number of hydrogen-bond donors (Lipinski definition) is 1.